The fourth-order valence-corrected chi connectivity index (χ4v) is 1.91. The van der Waals surface area contributed by atoms with E-state index < -0.39 is 0 Å². The molecule has 1 aromatic carbocycles. The van der Waals surface area contributed by atoms with E-state index in [0.717, 1.165) is 16.9 Å². The van der Waals surface area contributed by atoms with Crippen LogP contribution in [0.15, 0.2) is 24.3 Å². The predicted octanol–water partition coefficient (Wildman–Crippen LogP) is 3.67. The van der Waals surface area contributed by atoms with Crippen molar-refractivity contribution in [3.05, 3.63) is 34.9 Å². The van der Waals surface area contributed by atoms with Gasteiger partial charge in [-0.15, -0.1) is 0 Å². The van der Waals surface area contributed by atoms with Crippen molar-refractivity contribution >= 4 is 17.9 Å². The number of hydrogen-bond acceptors (Lipinski definition) is 1. The summed E-state index contributed by atoms with van der Waals surface area (Å²) >= 11 is 6.08. The van der Waals surface area contributed by atoms with Gasteiger partial charge in [0.15, 0.2) is 0 Å². The van der Waals surface area contributed by atoms with Gasteiger partial charge >= 0.3 is 0 Å². The van der Waals surface area contributed by atoms with Crippen molar-refractivity contribution in [3.8, 4) is 0 Å². The maximum absolute atomic E-state index is 10.6. The van der Waals surface area contributed by atoms with E-state index in [2.05, 4.69) is 13.8 Å². The minimum absolute atomic E-state index is 0.237. The lowest BCUT2D eigenvalue weighted by atomic mass is 9.86. The largest absolute Gasteiger partial charge is 0.303 e. The van der Waals surface area contributed by atoms with Crippen molar-refractivity contribution in [2.24, 2.45) is 5.92 Å². The van der Waals surface area contributed by atoms with E-state index in [1.807, 2.05) is 24.3 Å². The highest BCUT2D eigenvalue weighted by Gasteiger charge is 2.17. The molecule has 0 amide bonds. The van der Waals surface area contributed by atoms with Crippen LogP contribution in [0.3, 0.4) is 0 Å². The monoisotopic (exact) mass is 210 g/mol. The smallest absolute Gasteiger partial charge is 0.120 e. The van der Waals surface area contributed by atoms with E-state index in [1.54, 1.807) is 0 Å². The first-order valence-corrected chi connectivity index (χ1v) is 5.22. The van der Waals surface area contributed by atoms with Crippen LogP contribution in [0.1, 0.15) is 31.7 Å². The Hall–Kier alpha value is -0.820. The van der Waals surface area contributed by atoms with E-state index in [0.29, 0.717) is 12.3 Å². The summed E-state index contributed by atoms with van der Waals surface area (Å²) in [6, 6.07) is 7.74. The summed E-state index contributed by atoms with van der Waals surface area (Å²) < 4.78 is 0. The molecule has 1 unspecified atom stereocenters. The first-order chi connectivity index (χ1) is 6.66. The zero-order valence-corrected chi connectivity index (χ0v) is 9.29. The van der Waals surface area contributed by atoms with Crippen molar-refractivity contribution in [3.63, 3.8) is 0 Å². The molecule has 0 radical (unpaired) electrons. The van der Waals surface area contributed by atoms with Gasteiger partial charge in [-0.25, -0.2) is 0 Å². The molecule has 0 aliphatic carbocycles. The minimum Gasteiger partial charge on any atom is -0.303 e. The number of carbonyl (C=O) groups is 1. The maximum atomic E-state index is 10.6. The van der Waals surface area contributed by atoms with Crippen molar-refractivity contribution in [2.45, 2.75) is 26.2 Å². The van der Waals surface area contributed by atoms with Gasteiger partial charge in [-0.05, 0) is 23.5 Å². The van der Waals surface area contributed by atoms with Crippen molar-refractivity contribution in [1.82, 2.24) is 0 Å². The second-order valence-corrected chi connectivity index (χ2v) is 4.18. The van der Waals surface area contributed by atoms with Gasteiger partial charge in [-0.1, -0.05) is 43.6 Å². The molecule has 0 saturated heterocycles. The van der Waals surface area contributed by atoms with Gasteiger partial charge < -0.3 is 4.79 Å². The standard InChI is InChI=1S/C12H15ClO/c1-9(2)10(7-8-14)11-5-3-4-6-12(11)13/h3-6,8-10H,7H2,1-2H3. The third-order valence-electron chi connectivity index (χ3n) is 2.46. The Labute approximate surface area is 90.1 Å². The molecule has 0 bridgehead atoms. The normalized spacial score (nSPS) is 12.9. The van der Waals surface area contributed by atoms with Crippen LogP contribution in [0.2, 0.25) is 5.02 Å². The van der Waals surface area contributed by atoms with Gasteiger partial charge in [-0.3, -0.25) is 0 Å². The molecular formula is C12H15ClO. The molecule has 1 nitrogen and oxygen atoms in total. The number of rotatable bonds is 4. The topological polar surface area (TPSA) is 17.1 Å². The molecule has 0 aliphatic rings. The summed E-state index contributed by atoms with van der Waals surface area (Å²) in [6.07, 6.45) is 1.51. The molecule has 14 heavy (non-hydrogen) atoms. The van der Waals surface area contributed by atoms with Gasteiger partial charge in [0, 0.05) is 11.4 Å². The maximum Gasteiger partial charge on any atom is 0.120 e. The molecule has 0 saturated carbocycles. The average molecular weight is 211 g/mol. The van der Waals surface area contributed by atoms with Gasteiger partial charge in [0.2, 0.25) is 0 Å². The highest BCUT2D eigenvalue weighted by Crippen LogP contribution is 2.31. The summed E-state index contributed by atoms with van der Waals surface area (Å²) in [7, 11) is 0. The van der Waals surface area contributed by atoms with Crippen molar-refractivity contribution in [2.75, 3.05) is 0 Å². The molecule has 0 N–H and O–H groups in total. The zero-order valence-electron chi connectivity index (χ0n) is 8.53. The number of aldehydes is 1. The molecule has 1 aromatic rings. The van der Waals surface area contributed by atoms with E-state index in [-0.39, 0.29) is 5.92 Å². The lowest BCUT2D eigenvalue weighted by Gasteiger charge is -2.19. The third-order valence-corrected chi connectivity index (χ3v) is 2.80. The van der Waals surface area contributed by atoms with Crippen LogP contribution in [0.5, 0.6) is 0 Å². The molecule has 1 rings (SSSR count). The molecule has 0 fully saturated rings. The molecular weight excluding hydrogens is 196 g/mol. The van der Waals surface area contributed by atoms with Crippen molar-refractivity contribution in [1.29, 1.82) is 0 Å². The number of hydrogen-bond donors (Lipinski definition) is 0. The second kappa shape index (κ2) is 5.16. The Kier molecular flexibility index (Phi) is 4.15. The third kappa shape index (κ3) is 2.58. The molecule has 76 valence electrons. The van der Waals surface area contributed by atoms with Gasteiger partial charge in [0.05, 0.1) is 0 Å². The lowest BCUT2D eigenvalue weighted by Crippen LogP contribution is -2.07. The van der Waals surface area contributed by atoms with Gasteiger partial charge in [0.25, 0.3) is 0 Å². The van der Waals surface area contributed by atoms with E-state index in [9.17, 15) is 4.79 Å². The Morgan fingerprint density at radius 3 is 2.50 bits per heavy atom. The SMILES string of the molecule is CC(C)C(CC=O)c1ccccc1Cl. The van der Waals surface area contributed by atoms with E-state index >= 15 is 0 Å². The number of benzene rings is 1. The summed E-state index contributed by atoms with van der Waals surface area (Å²) in [5.74, 6) is 0.668. The van der Waals surface area contributed by atoms with E-state index in [1.165, 1.54) is 0 Å². The van der Waals surface area contributed by atoms with Gasteiger partial charge in [-0.2, -0.15) is 0 Å². The quantitative estimate of drug-likeness (QED) is 0.694. The molecule has 1 atom stereocenters. The van der Waals surface area contributed by atoms with Crippen LogP contribution in [0.25, 0.3) is 0 Å². The highest BCUT2D eigenvalue weighted by atomic mass is 35.5. The molecule has 2 heteroatoms. The van der Waals surface area contributed by atoms with Gasteiger partial charge in [0.1, 0.15) is 6.29 Å². The molecule has 0 aliphatic heterocycles. The van der Waals surface area contributed by atoms with E-state index in [4.69, 9.17) is 11.6 Å². The van der Waals surface area contributed by atoms with Crippen LogP contribution in [-0.2, 0) is 4.79 Å². The Bertz CT molecular complexity index is 307. The Morgan fingerprint density at radius 2 is 2.00 bits per heavy atom. The summed E-state index contributed by atoms with van der Waals surface area (Å²) in [5.41, 5.74) is 1.08. The number of halogens is 1. The van der Waals surface area contributed by atoms with Crippen LogP contribution < -0.4 is 0 Å². The van der Waals surface area contributed by atoms with Crippen LogP contribution in [0.4, 0.5) is 0 Å². The molecule has 0 spiro atoms. The highest BCUT2D eigenvalue weighted by molar-refractivity contribution is 6.31. The zero-order chi connectivity index (χ0) is 10.6. The van der Waals surface area contributed by atoms with Crippen molar-refractivity contribution < 1.29 is 4.79 Å². The predicted molar refractivity (Wildman–Crippen MR) is 59.7 cm³/mol. The molecule has 0 heterocycles. The van der Waals surface area contributed by atoms with Crippen LogP contribution in [0, 0.1) is 5.92 Å². The number of carbonyl (C=O) groups excluding carboxylic acids is 1. The summed E-state index contributed by atoms with van der Waals surface area (Å²) in [5, 5.41) is 0.757. The van der Waals surface area contributed by atoms with Crippen LogP contribution >= 0.6 is 11.6 Å². The average Bonchev–Trinajstić information content (AvgIpc) is 2.15. The molecule has 0 aromatic heterocycles. The minimum atomic E-state index is 0.237. The second-order valence-electron chi connectivity index (χ2n) is 3.77. The Morgan fingerprint density at radius 1 is 1.36 bits per heavy atom. The lowest BCUT2D eigenvalue weighted by molar-refractivity contribution is -0.108. The van der Waals surface area contributed by atoms with Crippen LogP contribution in [-0.4, -0.2) is 6.29 Å². The first-order valence-electron chi connectivity index (χ1n) is 4.85. The fraction of sp³-hybridized carbons (Fsp3) is 0.417. The summed E-state index contributed by atoms with van der Waals surface area (Å²) in [6.45, 7) is 4.22. The Balaban J connectivity index is 2.98. The first kappa shape index (κ1) is 11.3. The fourth-order valence-electron chi connectivity index (χ4n) is 1.64. The summed E-state index contributed by atoms with van der Waals surface area (Å²) in [4.78, 5) is 10.6.